The lowest BCUT2D eigenvalue weighted by atomic mass is 10.1. The predicted molar refractivity (Wildman–Crippen MR) is 84.9 cm³/mol. The van der Waals surface area contributed by atoms with Crippen molar-refractivity contribution in [2.45, 2.75) is 12.8 Å². The van der Waals surface area contributed by atoms with Crippen molar-refractivity contribution >= 4 is 33.8 Å². The largest absolute Gasteiger partial charge is 0.355 e. The lowest BCUT2D eigenvalue weighted by molar-refractivity contribution is -0.120. The summed E-state index contributed by atoms with van der Waals surface area (Å²) in [5.74, 6) is -0.00489. The number of carbonyl (C=O) groups is 1. The molecule has 0 aliphatic carbocycles. The minimum absolute atomic E-state index is 0.00489. The summed E-state index contributed by atoms with van der Waals surface area (Å²) in [6.07, 6.45) is 4.94. The summed E-state index contributed by atoms with van der Waals surface area (Å²) in [7, 11) is 0. The van der Waals surface area contributed by atoms with Crippen LogP contribution in [0.5, 0.6) is 0 Å². The Morgan fingerprint density at radius 1 is 1.33 bits per heavy atom. The van der Waals surface area contributed by atoms with Crippen LogP contribution in [0, 0.1) is 0 Å². The average molecular weight is 320 g/mol. The molecule has 0 fully saturated rings. The van der Waals surface area contributed by atoms with Gasteiger partial charge in [-0.1, -0.05) is 23.7 Å². The lowest BCUT2D eigenvalue weighted by Gasteiger charge is -2.04. The number of nitrogens with one attached hydrogen (secondary N) is 1. The van der Waals surface area contributed by atoms with Gasteiger partial charge >= 0.3 is 0 Å². The molecule has 0 aliphatic heterocycles. The van der Waals surface area contributed by atoms with E-state index in [1.54, 1.807) is 11.3 Å². The molecule has 1 N–H and O–H groups in total. The molecule has 0 bridgehead atoms. The Bertz CT molecular complexity index is 719. The molecule has 1 amide bonds. The molecule has 3 rings (SSSR count). The van der Waals surface area contributed by atoms with Crippen LogP contribution in [0.4, 0.5) is 0 Å². The molecule has 3 aromatic rings. The van der Waals surface area contributed by atoms with Gasteiger partial charge in [0.1, 0.15) is 0 Å². The van der Waals surface area contributed by atoms with E-state index in [0.717, 1.165) is 27.7 Å². The van der Waals surface area contributed by atoms with Crippen LogP contribution in [0.1, 0.15) is 11.3 Å². The van der Waals surface area contributed by atoms with E-state index in [4.69, 9.17) is 11.6 Å². The zero-order chi connectivity index (χ0) is 14.7. The molecule has 0 unspecified atom stereocenters. The van der Waals surface area contributed by atoms with Gasteiger partial charge in [-0.05, 0) is 24.1 Å². The number of amides is 1. The third-order valence-electron chi connectivity index (χ3n) is 3.13. The second kappa shape index (κ2) is 6.28. The summed E-state index contributed by atoms with van der Waals surface area (Å²) in [4.78, 5) is 17.2. The number of hydrogen-bond donors (Lipinski definition) is 1. The van der Waals surface area contributed by atoms with E-state index in [2.05, 4.69) is 10.3 Å². The monoisotopic (exact) mass is 319 g/mol. The normalized spacial score (nSPS) is 10.9. The van der Waals surface area contributed by atoms with Gasteiger partial charge in [-0.15, -0.1) is 11.3 Å². The second-order valence-corrected chi connectivity index (χ2v) is 6.04. The smallest absolute Gasteiger partial charge is 0.226 e. The molecule has 4 nitrogen and oxygen atoms in total. The number of thiazole rings is 1. The fourth-order valence-electron chi connectivity index (χ4n) is 2.09. The molecular weight excluding hydrogens is 306 g/mol. The van der Waals surface area contributed by atoms with Crippen molar-refractivity contribution in [3.8, 4) is 0 Å². The van der Waals surface area contributed by atoms with Gasteiger partial charge in [-0.3, -0.25) is 9.20 Å². The minimum atomic E-state index is -0.00489. The molecule has 0 aliphatic rings. The van der Waals surface area contributed by atoms with Crippen LogP contribution >= 0.6 is 22.9 Å². The molecule has 0 atom stereocenters. The zero-order valence-corrected chi connectivity index (χ0v) is 12.8. The number of nitrogens with zero attached hydrogens (tertiary/aromatic N) is 2. The van der Waals surface area contributed by atoms with Gasteiger partial charge in [0, 0.05) is 29.3 Å². The Hall–Kier alpha value is -1.85. The SMILES string of the molecule is O=C(Cc1cn2ccsc2n1)NCCc1ccc(Cl)cc1. The highest BCUT2D eigenvalue weighted by Gasteiger charge is 2.07. The highest BCUT2D eigenvalue weighted by molar-refractivity contribution is 7.15. The number of aromatic nitrogens is 2. The molecule has 2 heterocycles. The highest BCUT2D eigenvalue weighted by atomic mass is 35.5. The van der Waals surface area contributed by atoms with E-state index in [9.17, 15) is 4.79 Å². The maximum absolute atomic E-state index is 11.9. The van der Waals surface area contributed by atoms with Gasteiger partial charge in [-0.25, -0.2) is 4.98 Å². The third-order valence-corrected chi connectivity index (χ3v) is 4.16. The van der Waals surface area contributed by atoms with Crippen LogP contribution in [0.15, 0.2) is 42.0 Å². The van der Waals surface area contributed by atoms with E-state index < -0.39 is 0 Å². The minimum Gasteiger partial charge on any atom is -0.355 e. The topological polar surface area (TPSA) is 46.4 Å². The first-order chi connectivity index (χ1) is 10.2. The molecule has 2 aromatic heterocycles. The van der Waals surface area contributed by atoms with Crippen molar-refractivity contribution < 1.29 is 4.79 Å². The van der Waals surface area contributed by atoms with Crippen LogP contribution in [0.3, 0.4) is 0 Å². The Morgan fingerprint density at radius 2 is 2.14 bits per heavy atom. The number of benzene rings is 1. The maximum atomic E-state index is 11.9. The van der Waals surface area contributed by atoms with Gasteiger partial charge < -0.3 is 5.32 Å². The van der Waals surface area contributed by atoms with Crippen molar-refractivity contribution in [3.05, 3.63) is 58.3 Å². The van der Waals surface area contributed by atoms with Crippen molar-refractivity contribution in [2.24, 2.45) is 0 Å². The Morgan fingerprint density at radius 3 is 2.90 bits per heavy atom. The number of halogens is 1. The molecule has 6 heteroatoms. The standard InChI is InChI=1S/C15H14ClN3OS/c16-12-3-1-11(2-4-12)5-6-17-14(20)9-13-10-19-7-8-21-15(19)18-13/h1-4,7-8,10H,5-6,9H2,(H,17,20). The van der Waals surface area contributed by atoms with E-state index in [-0.39, 0.29) is 5.91 Å². The van der Waals surface area contributed by atoms with Crippen LogP contribution in [0.2, 0.25) is 5.02 Å². The summed E-state index contributed by atoms with van der Waals surface area (Å²) in [5, 5.41) is 5.61. The first-order valence-corrected chi connectivity index (χ1v) is 7.89. The predicted octanol–water partition coefficient (Wildman–Crippen LogP) is 2.95. The summed E-state index contributed by atoms with van der Waals surface area (Å²) in [6, 6.07) is 7.66. The molecule has 108 valence electrons. The molecule has 0 saturated heterocycles. The van der Waals surface area contributed by atoms with Crippen molar-refractivity contribution in [1.82, 2.24) is 14.7 Å². The number of carbonyl (C=O) groups excluding carboxylic acids is 1. The molecule has 0 spiro atoms. The number of rotatable bonds is 5. The Balaban J connectivity index is 1.48. The summed E-state index contributed by atoms with van der Waals surface area (Å²) >= 11 is 7.39. The van der Waals surface area contributed by atoms with Crippen LogP contribution in [-0.2, 0) is 17.6 Å². The van der Waals surface area contributed by atoms with Gasteiger partial charge in [0.05, 0.1) is 12.1 Å². The van der Waals surface area contributed by atoms with Gasteiger partial charge in [0.15, 0.2) is 4.96 Å². The summed E-state index contributed by atoms with van der Waals surface area (Å²) < 4.78 is 1.93. The molecular formula is C15H14ClN3OS. The van der Waals surface area contributed by atoms with Gasteiger partial charge in [0.2, 0.25) is 5.91 Å². The van der Waals surface area contributed by atoms with Gasteiger partial charge in [0.25, 0.3) is 0 Å². The number of imidazole rings is 1. The first-order valence-electron chi connectivity index (χ1n) is 6.63. The molecule has 0 radical (unpaired) electrons. The van der Waals surface area contributed by atoms with E-state index in [1.807, 2.05) is 46.4 Å². The third kappa shape index (κ3) is 3.62. The summed E-state index contributed by atoms with van der Waals surface area (Å²) in [6.45, 7) is 0.614. The van der Waals surface area contributed by atoms with E-state index in [0.29, 0.717) is 13.0 Å². The second-order valence-electron chi connectivity index (χ2n) is 4.73. The molecule has 0 saturated carbocycles. The van der Waals surface area contributed by atoms with Crippen LogP contribution in [-0.4, -0.2) is 21.8 Å². The van der Waals surface area contributed by atoms with E-state index >= 15 is 0 Å². The summed E-state index contributed by atoms with van der Waals surface area (Å²) in [5.41, 5.74) is 1.95. The Labute approximate surface area is 131 Å². The van der Waals surface area contributed by atoms with Crippen LogP contribution < -0.4 is 5.32 Å². The molecule has 21 heavy (non-hydrogen) atoms. The highest BCUT2D eigenvalue weighted by Crippen LogP contribution is 2.12. The zero-order valence-electron chi connectivity index (χ0n) is 11.3. The van der Waals surface area contributed by atoms with Crippen LogP contribution in [0.25, 0.3) is 4.96 Å². The average Bonchev–Trinajstić information content (AvgIpc) is 3.02. The van der Waals surface area contributed by atoms with Crippen molar-refractivity contribution in [2.75, 3.05) is 6.54 Å². The first kappa shape index (κ1) is 14.1. The maximum Gasteiger partial charge on any atom is 0.226 e. The quantitative estimate of drug-likeness (QED) is 0.786. The fraction of sp³-hybridized carbons (Fsp3) is 0.200. The van der Waals surface area contributed by atoms with Crippen molar-refractivity contribution in [3.63, 3.8) is 0 Å². The number of hydrogen-bond acceptors (Lipinski definition) is 3. The number of fused-ring (bicyclic) bond motifs is 1. The fourth-order valence-corrected chi connectivity index (χ4v) is 2.93. The molecule has 1 aromatic carbocycles. The van der Waals surface area contributed by atoms with E-state index in [1.165, 1.54) is 0 Å². The lowest BCUT2D eigenvalue weighted by Crippen LogP contribution is -2.27. The van der Waals surface area contributed by atoms with Crippen molar-refractivity contribution in [1.29, 1.82) is 0 Å². The van der Waals surface area contributed by atoms with Gasteiger partial charge in [-0.2, -0.15) is 0 Å². The Kier molecular flexibility index (Phi) is 4.22.